The van der Waals surface area contributed by atoms with Crippen LogP contribution in [-0.4, -0.2) is 21.4 Å². The van der Waals surface area contributed by atoms with E-state index in [0.717, 1.165) is 28.0 Å². The van der Waals surface area contributed by atoms with E-state index in [1.165, 1.54) is 6.21 Å². The average Bonchev–Trinajstić information content (AvgIpc) is 2.73. The van der Waals surface area contributed by atoms with Gasteiger partial charge in [0.2, 0.25) is 0 Å². The summed E-state index contributed by atoms with van der Waals surface area (Å²) in [5, 5.41) is 11.9. The Morgan fingerprint density at radius 1 is 0.815 bits per heavy atom. The quantitative estimate of drug-likeness (QED) is 0.320. The van der Waals surface area contributed by atoms with Gasteiger partial charge in [-0.2, -0.15) is 0 Å². The molecule has 0 spiro atoms. The van der Waals surface area contributed by atoms with Crippen LogP contribution in [0.4, 0.5) is 0 Å². The molecule has 4 rings (SSSR count). The number of aromatic nitrogens is 2. The van der Waals surface area contributed by atoms with Crippen LogP contribution in [0.1, 0.15) is 11.3 Å². The van der Waals surface area contributed by atoms with Crippen molar-refractivity contribution >= 4 is 17.2 Å². The molecule has 5 nitrogen and oxygen atoms in total. The fourth-order valence-corrected chi connectivity index (χ4v) is 2.89. The van der Waals surface area contributed by atoms with Crippen LogP contribution in [0.15, 0.2) is 84.0 Å². The van der Waals surface area contributed by atoms with Crippen LogP contribution in [0, 0.1) is 0 Å². The Bertz CT molecular complexity index is 1090. The second-order valence-electron chi connectivity index (χ2n) is 5.94. The molecule has 3 aromatic carbocycles. The minimum absolute atomic E-state index is 0.248. The smallest absolute Gasteiger partial charge is 0.132 e. The van der Waals surface area contributed by atoms with Crippen molar-refractivity contribution in [2.24, 2.45) is 5.16 Å². The first-order valence-electron chi connectivity index (χ1n) is 8.55. The topological polar surface area (TPSA) is 67.6 Å². The van der Waals surface area contributed by atoms with E-state index in [1.54, 1.807) is 0 Å². The molecule has 0 fully saturated rings. The highest BCUT2D eigenvalue weighted by atomic mass is 16.5. The van der Waals surface area contributed by atoms with Crippen LogP contribution < -0.4 is 4.74 Å². The van der Waals surface area contributed by atoms with Gasteiger partial charge in [-0.1, -0.05) is 59.8 Å². The molecule has 5 heteroatoms. The largest absolute Gasteiger partial charge is 0.487 e. The fourth-order valence-electron chi connectivity index (χ4n) is 2.89. The second kappa shape index (κ2) is 7.66. The van der Waals surface area contributed by atoms with Crippen molar-refractivity contribution in [1.82, 2.24) is 9.97 Å². The molecular formula is C22H17N3O2. The minimum atomic E-state index is 0.248. The Hall–Kier alpha value is -3.73. The summed E-state index contributed by atoms with van der Waals surface area (Å²) in [7, 11) is 0. The Morgan fingerprint density at radius 2 is 1.48 bits per heavy atom. The van der Waals surface area contributed by atoms with Gasteiger partial charge in [0, 0.05) is 11.1 Å². The molecule has 0 aliphatic heterocycles. The lowest BCUT2D eigenvalue weighted by Gasteiger charge is -2.12. The summed E-state index contributed by atoms with van der Waals surface area (Å²) in [6.07, 6.45) is 1.35. The fraction of sp³-hybridized carbons (Fsp3) is 0.0455. The molecule has 0 saturated heterocycles. The maximum atomic E-state index is 8.83. The monoisotopic (exact) mass is 355 g/mol. The van der Waals surface area contributed by atoms with E-state index in [2.05, 4.69) is 5.16 Å². The number of nitrogens with zero attached hydrogens (tertiary/aromatic N) is 3. The van der Waals surface area contributed by atoms with Crippen LogP contribution in [-0.2, 0) is 6.61 Å². The number of rotatable bonds is 5. The van der Waals surface area contributed by atoms with E-state index in [9.17, 15) is 0 Å². The lowest BCUT2D eigenvalue weighted by Crippen LogP contribution is -2.05. The van der Waals surface area contributed by atoms with E-state index in [1.807, 2.05) is 78.9 Å². The molecule has 1 aromatic heterocycles. The van der Waals surface area contributed by atoms with E-state index in [4.69, 9.17) is 19.9 Å². The molecule has 0 unspecified atom stereocenters. The second-order valence-corrected chi connectivity index (χ2v) is 5.94. The number of hydrogen-bond acceptors (Lipinski definition) is 5. The minimum Gasteiger partial charge on any atom is -0.487 e. The van der Waals surface area contributed by atoms with Crippen molar-refractivity contribution in [3.8, 4) is 17.0 Å². The molecule has 0 amide bonds. The van der Waals surface area contributed by atoms with Crippen LogP contribution >= 0.6 is 0 Å². The van der Waals surface area contributed by atoms with Gasteiger partial charge in [0.15, 0.2) is 0 Å². The standard InChI is InChI=1S/C22H17N3O2/c26-23-14-17-10-4-7-13-21(17)27-15-20-22(16-8-2-1-3-9-16)25-19-12-6-5-11-18(19)24-20/h1-14,26H,15H2. The van der Waals surface area contributed by atoms with E-state index >= 15 is 0 Å². The normalized spacial score (nSPS) is 11.1. The van der Waals surface area contributed by atoms with Gasteiger partial charge in [-0.15, -0.1) is 0 Å². The molecule has 1 heterocycles. The molecule has 27 heavy (non-hydrogen) atoms. The molecule has 0 aliphatic carbocycles. The number of para-hydroxylation sites is 3. The van der Waals surface area contributed by atoms with Gasteiger partial charge >= 0.3 is 0 Å². The zero-order valence-electron chi connectivity index (χ0n) is 14.5. The lowest BCUT2D eigenvalue weighted by atomic mass is 10.1. The lowest BCUT2D eigenvalue weighted by molar-refractivity contribution is 0.300. The van der Waals surface area contributed by atoms with Gasteiger partial charge < -0.3 is 9.94 Å². The molecule has 1 N–H and O–H groups in total. The maximum absolute atomic E-state index is 8.83. The predicted molar refractivity (Wildman–Crippen MR) is 105 cm³/mol. The third kappa shape index (κ3) is 3.62. The number of oxime groups is 1. The Kier molecular flexibility index (Phi) is 4.74. The van der Waals surface area contributed by atoms with Gasteiger partial charge in [-0.05, 0) is 24.3 Å². The van der Waals surface area contributed by atoms with Crippen molar-refractivity contribution in [2.75, 3.05) is 0 Å². The van der Waals surface area contributed by atoms with E-state index in [-0.39, 0.29) is 6.61 Å². The summed E-state index contributed by atoms with van der Waals surface area (Å²) < 4.78 is 5.98. The Morgan fingerprint density at radius 3 is 2.26 bits per heavy atom. The highest BCUT2D eigenvalue weighted by Crippen LogP contribution is 2.25. The van der Waals surface area contributed by atoms with Crippen LogP contribution in [0.25, 0.3) is 22.3 Å². The van der Waals surface area contributed by atoms with Gasteiger partial charge in [-0.3, -0.25) is 0 Å². The van der Waals surface area contributed by atoms with Crippen LogP contribution in [0.5, 0.6) is 5.75 Å². The third-order valence-electron chi connectivity index (χ3n) is 4.17. The van der Waals surface area contributed by atoms with Crippen LogP contribution in [0.3, 0.4) is 0 Å². The summed E-state index contributed by atoms with van der Waals surface area (Å²) in [5.74, 6) is 0.615. The van der Waals surface area contributed by atoms with Crippen LogP contribution in [0.2, 0.25) is 0 Å². The number of ether oxygens (including phenoxy) is 1. The molecule has 4 aromatic rings. The summed E-state index contributed by atoms with van der Waals surface area (Å²) in [5.41, 5.74) is 4.88. The highest BCUT2D eigenvalue weighted by Gasteiger charge is 2.12. The van der Waals surface area contributed by atoms with Crippen molar-refractivity contribution in [1.29, 1.82) is 0 Å². The van der Waals surface area contributed by atoms with Gasteiger partial charge in [-0.25, -0.2) is 9.97 Å². The van der Waals surface area contributed by atoms with Crippen molar-refractivity contribution < 1.29 is 9.94 Å². The predicted octanol–water partition coefficient (Wildman–Crippen LogP) is 4.68. The third-order valence-corrected chi connectivity index (χ3v) is 4.17. The molecule has 132 valence electrons. The molecular weight excluding hydrogens is 338 g/mol. The Labute approximate surface area is 156 Å². The zero-order chi connectivity index (χ0) is 18.5. The SMILES string of the molecule is ON=Cc1ccccc1OCc1nc2ccccc2nc1-c1ccccc1. The molecule has 0 radical (unpaired) electrons. The van der Waals surface area contributed by atoms with Gasteiger partial charge in [0.05, 0.1) is 22.9 Å². The number of benzene rings is 3. The van der Waals surface area contributed by atoms with Crippen molar-refractivity contribution in [2.45, 2.75) is 6.61 Å². The zero-order valence-corrected chi connectivity index (χ0v) is 14.5. The maximum Gasteiger partial charge on any atom is 0.132 e. The average molecular weight is 355 g/mol. The first kappa shape index (κ1) is 16.7. The first-order chi connectivity index (χ1) is 13.3. The Balaban J connectivity index is 1.74. The van der Waals surface area contributed by atoms with Crippen molar-refractivity contribution in [3.05, 3.63) is 90.1 Å². The summed E-state index contributed by atoms with van der Waals surface area (Å²) in [4.78, 5) is 9.58. The molecule has 0 bridgehead atoms. The number of hydrogen-bond donors (Lipinski definition) is 1. The highest BCUT2D eigenvalue weighted by molar-refractivity contribution is 5.83. The molecule has 0 saturated carbocycles. The van der Waals surface area contributed by atoms with Gasteiger partial charge in [0.1, 0.15) is 18.1 Å². The van der Waals surface area contributed by atoms with Gasteiger partial charge in [0.25, 0.3) is 0 Å². The summed E-state index contributed by atoms with van der Waals surface area (Å²) in [6.45, 7) is 0.248. The molecule has 0 aliphatic rings. The van der Waals surface area contributed by atoms with E-state index in [0.29, 0.717) is 11.3 Å². The summed E-state index contributed by atoms with van der Waals surface area (Å²) >= 11 is 0. The molecule has 0 atom stereocenters. The number of fused-ring (bicyclic) bond motifs is 1. The van der Waals surface area contributed by atoms with E-state index < -0.39 is 0 Å². The van der Waals surface area contributed by atoms with Crippen molar-refractivity contribution in [3.63, 3.8) is 0 Å². The first-order valence-corrected chi connectivity index (χ1v) is 8.55. The summed E-state index contributed by atoms with van der Waals surface area (Å²) in [6, 6.07) is 25.1.